The topological polar surface area (TPSA) is 71.1 Å². The number of nitrogens with one attached hydrogen (secondary N) is 1. The molecule has 0 unspecified atom stereocenters. The Morgan fingerprint density at radius 1 is 0.829 bits per heavy atom. The fraction of sp³-hybridized carbons (Fsp3) is 0.200. The van der Waals surface area contributed by atoms with Crippen LogP contribution in [0.1, 0.15) is 25.6 Å². The van der Waals surface area contributed by atoms with Gasteiger partial charge in [-0.25, -0.2) is 0 Å². The van der Waals surface area contributed by atoms with E-state index in [0.29, 0.717) is 35.7 Å². The lowest BCUT2D eigenvalue weighted by Crippen LogP contribution is -2.48. The van der Waals surface area contributed by atoms with Crippen LogP contribution in [0.4, 0.5) is 24.5 Å². The van der Waals surface area contributed by atoms with E-state index in [-0.39, 0.29) is 24.2 Å². The minimum absolute atomic E-state index is 0.0745. The van der Waals surface area contributed by atoms with Gasteiger partial charge in [-0.1, -0.05) is 18.2 Å². The average Bonchev–Trinajstić information content (AvgIpc) is 3.52. The first kappa shape index (κ1) is 28.0. The monoisotopic (exact) mass is 581 g/mol. The molecule has 0 saturated carbocycles. The largest absolute Gasteiger partial charge is 0.573 e. The van der Waals surface area contributed by atoms with E-state index in [0.717, 1.165) is 23.7 Å². The van der Waals surface area contributed by atoms with Crippen LogP contribution in [0.5, 0.6) is 11.5 Å². The van der Waals surface area contributed by atoms with Crippen LogP contribution in [0.25, 0.3) is 0 Å². The first-order chi connectivity index (χ1) is 19.7. The molecule has 1 N–H and O–H groups in total. The summed E-state index contributed by atoms with van der Waals surface area (Å²) in [6.45, 7) is 2.91. The van der Waals surface area contributed by atoms with Gasteiger partial charge in [0.2, 0.25) is 0 Å². The van der Waals surface area contributed by atoms with Gasteiger partial charge in [-0.3, -0.25) is 9.59 Å². The zero-order chi connectivity index (χ0) is 28.8. The first-order valence-electron chi connectivity index (χ1n) is 12.8. The molecule has 0 bridgehead atoms. The Bertz CT molecular complexity index is 1450. The lowest BCUT2D eigenvalue weighted by atomic mass is 10.2. The quantitative estimate of drug-likeness (QED) is 0.259. The van der Waals surface area contributed by atoms with Gasteiger partial charge in [-0.15, -0.1) is 24.5 Å². The van der Waals surface area contributed by atoms with Crippen molar-refractivity contribution in [2.24, 2.45) is 0 Å². The van der Waals surface area contributed by atoms with E-state index in [1.54, 1.807) is 24.3 Å². The van der Waals surface area contributed by atoms with E-state index in [4.69, 9.17) is 4.74 Å². The van der Waals surface area contributed by atoms with Gasteiger partial charge in [0.1, 0.15) is 18.1 Å². The Morgan fingerprint density at radius 3 is 2.10 bits per heavy atom. The number of carbonyl (C=O) groups is 2. The summed E-state index contributed by atoms with van der Waals surface area (Å²) in [5, 5.41) is 4.79. The standard InChI is InChI=1S/C30H26F3N3O4S/c31-30(32,33)40-26-11-3-21(4-12-26)20-39-25-13-5-22(6-14-25)28(37)34-23-7-9-24(10-8-23)35-15-17-36(18-16-35)29(38)27-2-1-19-41-27/h1-14,19H,15-18,20H2,(H,34,37). The van der Waals surface area contributed by atoms with E-state index in [1.165, 1.54) is 35.6 Å². The Labute approximate surface area is 238 Å². The van der Waals surface area contributed by atoms with Crippen molar-refractivity contribution in [3.63, 3.8) is 0 Å². The summed E-state index contributed by atoms with van der Waals surface area (Å²) in [6.07, 6.45) is -4.74. The number of carbonyl (C=O) groups excluding carboxylic acids is 2. The van der Waals surface area contributed by atoms with Crippen molar-refractivity contribution in [3.05, 3.63) is 106 Å². The maximum absolute atomic E-state index is 12.7. The molecule has 1 saturated heterocycles. The molecule has 3 aromatic carbocycles. The maximum atomic E-state index is 12.7. The van der Waals surface area contributed by atoms with Gasteiger partial charge in [-0.05, 0) is 77.7 Å². The number of anilines is 2. The highest BCUT2D eigenvalue weighted by atomic mass is 32.1. The number of alkyl halides is 3. The summed E-state index contributed by atoms with van der Waals surface area (Å²) in [5.41, 5.74) is 2.79. The van der Waals surface area contributed by atoms with Crippen LogP contribution >= 0.6 is 11.3 Å². The Kier molecular flexibility index (Phi) is 8.44. The number of nitrogens with zero attached hydrogens (tertiary/aromatic N) is 2. The van der Waals surface area contributed by atoms with Gasteiger partial charge in [0.05, 0.1) is 4.88 Å². The normalized spacial score (nSPS) is 13.5. The summed E-state index contributed by atoms with van der Waals surface area (Å²) in [6, 6.07) is 23.3. The van der Waals surface area contributed by atoms with Crippen molar-refractivity contribution in [1.29, 1.82) is 0 Å². The van der Waals surface area contributed by atoms with E-state index >= 15 is 0 Å². The average molecular weight is 582 g/mol. The molecule has 7 nitrogen and oxygen atoms in total. The number of amides is 2. The molecule has 4 aromatic rings. The summed E-state index contributed by atoms with van der Waals surface area (Å²) < 4.78 is 46.4. The predicted molar refractivity (Wildman–Crippen MR) is 151 cm³/mol. The molecule has 1 aliphatic rings. The Balaban J connectivity index is 1.08. The molecule has 1 aromatic heterocycles. The van der Waals surface area contributed by atoms with Crippen LogP contribution in [0, 0.1) is 0 Å². The molecule has 2 heterocycles. The highest BCUT2D eigenvalue weighted by Gasteiger charge is 2.31. The van der Waals surface area contributed by atoms with Crippen molar-refractivity contribution >= 4 is 34.5 Å². The maximum Gasteiger partial charge on any atom is 0.573 e. The van der Waals surface area contributed by atoms with E-state index in [9.17, 15) is 22.8 Å². The Morgan fingerprint density at radius 2 is 1.49 bits per heavy atom. The minimum atomic E-state index is -4.74. The van der Waals surface area contributed by atoms with Gasteiger partial charge in [-0.2, -0.15) is 0 Å². The number of ether oxygens (including phenoxy) is 2. The van der Waals surface area contributed by atoms with Crippen LogP contribution in [0.3, 0.4) is 0 Å². The minimum Gasteiger partial charge on any atom is -0.489 e. The molecule has 0 atom stereocenters. The van der Waals surface area contributed by atoms with Gasteiger partial charge in [0.15, 0.2) is 0 Å². The SMILES string of the molecule is O=C(Nc1ccc(N2CCN(C(=O)c3cccs3)CC2)cc1)c1ccc(OCc2ccc(OC(F)(F)F)cc2)cc1. The molecule has 2 amide bonds. The van der Waals surface area contributed by atoms with Gasteiger partial charge >= 0.3 is 6.36 Å². The number of halogens is 3. The molecule has 1 aliphatic heterocycles. The lowest BCUT2D eigenvalue weighted by molar-refractivity contribution is -0.274. The van der Waals surface area contributed by atoms with Crippen LogP contribution < -0.4 is 19.7 Å². The molecular weight excluding hydrogens is 555 g/mol. The van der Waals surface area contributed by atoms with Crippen LogP contribution in [-0.2, 0) is 6.61 Å². The number of thiophene rings is 1. The number of rotatable bonds is 8. The molecule has 0 spiro atoms. The summed E-state index contributed by atoms with van der Waals surface area (Å²) >= 11 is 1.45. The molecule has 0 aliphatic carbocycles. The second-order valence-electron chi connectivity index (χ2n) is 9.26. The third kappa shape index (κ3) is 7.57. The molecule has 1 fully saturated rings. The molecule has 11 heteroatoms. The summed E-state index contributed by atoms with van der Waals surface area (Å²) in [4.78, 5) is 30.1. The van der Waals surface area contributed by atoms with Crippen molar-refractivity contribution in [1.82, 2.24) is 4.90 Å². The molecule has 5 rings (SSSR count). The molecule has 212 valence electrons. The van der Waals surface area contributed by atoms with Crippen molar-refractivity contribution in [2.45, 2.75) is 13.0 Å². The highest BCUT2D eigenvalue weighted by molar-refractivity contribution is 7.12. The molecule has 41 heavy (non-hydrogen) atoms. The van der Waals surface area contributed by atoms with Crippen molar-refractivity contribution < 1.29 is 32.2 Å². The highest BCUT2D eigenvalue weighted by Crippen LogP contribution is 2.24. The number of hydrogen-bond acceptors (Lipinski definition) is 6. The molecule has 0 radical (unpaired) electrons. The fourth-order valence-corrected chi connectivity index (χ4v) is 5.03. The number of piperazine rings is 1. The van der Waals surface area contributed by atoms with Crippen molar-refractivity contribution in [2.75, 3.05) is 36.4 Å². The second kappa shape index (κ2) is 12.3. The van der Waals surface area contributed by atoms with Gasteiger partial charge in [0.25, 0.3) is 11.8 Å². The van der Waals surface area contributed by atoms with Gasteiger partial charge < -0.3 is 24.6 Å². The van der Waals surface area contributed by atoms with Crippen LogP contribution in [0.15, 0.2) is 90.3 Å². The van der Waals surface area contributed by atoms with E-state index in [1.807, 2.05) is 46.7 Å². The lowest BCUT2D eigenvalue weighted by Gasteiger charge is -2.36. The van der Waals surface area contributed by atoms with Crippen LogP contribution in [0.2, 0.25) is 0 Å². The smallest absolute Gasteiger partial charge is 0.489 e. The van der Waals surface area contributed by atoms with Crippen LogP contribution in [-0.4, -0.2) is 49.3 Å². The number of benzene rings is 3. The number of hydrogen-bond donors (Lipinski definition) is 1. The first-order valence-corrected chi connectivity index (χ1v) is 13.7. The second-order valence-corrected chi connectivity index (χ2v) is 10.2. The summed E-state index contributed by atoms with van der Waals surface area (Å²) in [5.74, 6) is 0.0154. The fourth-order valence-electron chi connectivity index (χ4n) is 4.34. The van der Waals surface area contributed by atoms with E-state index < -0.39 is 6.36 Å². The van der Waals surface area contributed by atoms with E-state index in [2.05, 4.69) is 15.0 Å². The van der Waals surface area contributed by atoms with Crippen molar-refractivity contribution in [3.8, 4) is 11.5 Å². The zero-order valence-corrected chi connectivity index (χ0v) is 22.6. The Hall–Kier alpha value is -4.51. The summed E-state index contributed by atoms with van der Waals surface area (Å²) in [7, 11) is 0. The third-order valence-corrected chi connectivity index (χ3v) is 7.33. The molecular formula is C30H26F3N3O4S. The predicted octanol–water partition coefficient (Wildman–Crippen LogP) is 6.44. The third-order valence-electron chi connectivity index (χ3n) is 6.47. The zero-order valence-electron chi connectivity index (χ0n) is 21.8. The van der Waals surface area contributed by atoms with Gasteiger partial charge in [0, 0.05) is 43.1 Å².